The van der Waals surface area contributed by atoms with Crippen LogP contribution < -0.4 is 4.74 Å². The van der Waals surface area contributed by atoms with E-state index in [1.807, 2.05) is 24.3 Å². The fraction of sp³-hybridized carbons (Fsp3) is 0.588. The van der Waals surface area contributed by atoms with Crippen LogP contribution in [-0.2, 0) is 21.4 Å². The summed E-state index contributed by atoms with van der Waals surface area (Å²) >= 11 is 0. The van der Waals surface area contributed by atoms with Gasteiger partial charge in [0.1, 0.15) is 5.75 Å². The number of hydrogen-bond acceptors (Lipinski definition) is 4. The Bertz CT molecular complexity index is 666. The van der Waals surface area contributed by atoms with Crippen molar-refractivity contribution in [3.63, 3.8) is 0 Å². The van der Waals surface area contributed by atoms with Crippen molar-refractivity contribution in [3.05, 3.63) is 29.8 Å². The van der Waals surface area contributed by atoms with E-state index in [1.54, 1.807) is 4.90 Å². The largest absolute Gasteiger partial charge is 0.484 e. The molecule has 0 aliphatic carbocycles. The van der Waals surface area contributed by atoms with Gasteiger partial charge in [-0.05, 0) is 24.1 Å². The van der Waals surface area contributed by atoms with Crippen LogP contribution in [0.4, 0.5) is 0 Å². The maximum atomic E-state index is 12.3. The van der Waals surface area contributed by atoms with E-state index >= 15 is 0 Å². The molecule has 2 rings (SSSR count). The molecule has 1 heterocycles. The lowest BCUT2D eigenvalue weighted by Gasteiger charge is -2.35. The summed E-state index contributed by atoms with van der Waals surface area (Å²) in [5.74, 6) is 0.543. The summed E-state index contributed by atoms with van der Waals surface area (Å²) in [6.45, 7) is 3.46. The average Bonchev–Trinajstić information content (AvgIpc) is 2.61. The Morgan fingerprint density at radius 2 is 1.72 bits per heavy atom. The molecule has 1 aromatic rings. The van der Waals surface area contributed by atoms with Crippen LogP contribution in [0.15, 0.2) is 24.3 Å². The Morgan fingerprint density at radius 3 is 2.24 bits per heavy atom. The van der Waals surface area contributed by atoms with Gasteiger partial charge in [0, 0.05) is 40.3 Å². The lowest BCUT2D eigenvalue weighted by molar-refractivity contribution is -0.134. The van der Waals surface area contributed by atoms with Gasteiger partial charge < -0.3 is 9.64 Å². The fourth-order valence-electron chi connectivity index (χ4n) is 2.68. The molecule has 140 valence electrons. The smallest absolute Gasteiger partial charge is 0.281 e. The maximum absolute atomic E-state index is 12.3. The van der Waals surface area contributed by atoms with Gasteiger partial charge in [-0.15, -0.1) is 0 Å². The molecule has 1 amide bonds. The molecule has 0 radical (unpaired) electrons. The second-order valence-corrected chi connectivity index (χ2v) is 8.39. The summed E-state index contributed by atoms with van der Waals surface area (Å²) in [6.07, 6.45) is 2.12. The van der Waals surface area contributed by atoms with Gasteiger partial charge in [-0.2, -0.15) is 17.0 Å². The Morgan fingerprint density at radius 1 is 1.12 bits per heavy atom. The topological polar surface area (TPSA) is 70.2 Å². The number of ether oxygens (including phenoxy) is 1. The van der Waals surface area contributed by atoms with Crippen molar-refractivity contribution in [3.8, 4) is 5.75 Å². The van der Waals surface area contributed by atoms with Crippen molar-refractivity contribution in [2.24, 2.45) is 0 Å². The third-order valence-electron chi connectivity index (χ3n) is 4.20. The normalized spacial score (nSPS) is 16.2. The highest BCUT2D eigenvalue weighted by Gasteiger charge is 2.30. The predicted molar refractivity (Wildman–Crippen MR) is 96.7 cm³/mol. The van der Waals surface area contributed by atoms with Gasteiger partial charge in [-0.25, -0.2) is 0 Å². The molecular formula is C17H27N3O4S. The fourth-order valence-corrected chi connectivity index (χ4v) is 3.76. The summed E-state index contributed by atoms with van der Waals surface area (Å²) in [7, 11) is -0.403. The van der Waals surface area contributed by atoms with Crippen LogP contribution in [0, 0.1) is 0 Å². The Kier molecular flexibility index (Phi) is 6.80. The van der Waals surface area contributed by atoms with Crippen molar-refractivity contribution >= 4 is 16.1 Å². The van der Waals surface area contributed by atoms with Gasteiger partial charge in [-0.3, -0.25) is 4.79 Å². The molecule has 8 heteroatoms. The van der Waals surface area contributed by atoms with Crippen LogP contribution >= 0.6 is 0 Å². The van der Waals surface area contributed by atoms with Crippen LogP contribution in [0.3, 0.4) is 0 Å². The summed E-state index contributed by atoms with van der Waals surface area (Å²) in [6, 6.07) is 7.77. The lowest BCUT2D eigenvalue weighted by Crippen LogP contribution is -2.53. The first kappa shape index (κ1) is 19.7. The van der Waals surface area contributed by atoms with Gasteiger partial charge in [-0.1, -0.05) is 25.5 Å². The van der Waals surface area contributed by atoms with Crippen molar-refractivity contribution < 1.29 is 17.9 Å². The number of piperazine rings is 1. The minimum Gasteiger partial charge on any atom is -0.484 e. The molecular weight excluding hydrogens is 342 g/mol. The van der Waals surface area contributed by atoms with Crippen LogP contribution in [-0.4, -0.2) is 74.7 Å². The maximum Gasteiger partial charge on any atom is 0.281 e. The molecule has 1 saturated heterocycles. The van der Waals surface area contributed by atoms with Gasteiger partial charge in [0.05, 0.1) is 0 Å². The number of carbonyl (C=O) groups excluding carboxylic acids is 1. The van der Waals surface area contributed by atoms with Gasteiger partial charge in [0.25, 0.3) is 16.1 Å². The van der Waals surface area contributed by atoms with Gasteiger partial charge in [0.15, 0.2) is 6.61 Å². The van der Waals surface area contributed by atoms with E-state index in [-0.39, 0.29) is 12.5 Å². The number of aryl methyl sites for hydroxylation is 1. The molecule has 0 bridgehead atoms. The summed E-state index contributed by atoms with van der Waals surface area (Å²) in [4.78, 5) is 13.9. The van der Waals surface area contributed by atoms with E-state index in [0.717, 1.165) is 12.8 Å². The zero-order chi connectivity index (χ0) is 18.4. The number of benzene rings is 1. The lowest BCUT2D eigenvalue weighted by atomic mass is 10.1. The van der Waals surface area contributed by atoms with E-state index < -0.39 is 10.2 Å². The molecule has 1 aliphatic heterocycles. The summed E-state index contributed by atoms with van der Waals surface area (Å²) in [5.41, 5.74) is 1.25. The SMILES string of the molecule is CCCc1ccc(OCC(=O)N2CCN(S(=O)(=O)N(C)C)CC2)cc1. The molecule has 0 spiro atoms. The highest BCUT2D eigenvalue weighted by atomic mass is 32.2. The zero-order valence-corrected chi connectivity index (χ0v) is 16.0. The van der Waals surface area contributed by atoms with E-state index in [9.17, 15) is 13.2 Å². The molecule has 0 aromatic heterocycles. The summed E-state index contributed by atoms with van der Waals surface area (Å²) in [5, 5.41) is 0. The van der Waals surface area contributed by atoms with E-state index in [4.69, 9.17) is 4.74 Å². The first-order valence-electron chi connectivity index (χ1n) is 8.51. The minimum atomic E-state index is -3.42. The monoisotopic (exact) mass is 369 g/mol. The molecule has 1 aliphatic rings. The van der Waals surface area contributed by atoms with Gasteiger partial charge in [0.2, 0.25) is 0 Å². The first-order valence-corrected chi connectivity index (χ1v) is 9.91. The molecule has 1 aromatic carbocycles. The van der Waals surface area contributed by atoms with E-state index in [1.165, 1.54) is 28.3 Å². The zero-order valence-electron chi connectivity index (χ0n) is 15.1. The number of nitrogens with zero attached hydrogens (tertiary/aromatic N) is 3. The van der Waals surface area contributed by atoms with Crippen molar-refractivity contribution in [1.29, 1.82) is 0 Å². The third kappa shape index (κ3) is 5.17. The summed E-state index contributed by atoms with van der Waals surface area (Å²) < 4.78 is 32.3. The van der Waals surface area contributed by atoms with Gasteiger partial charge >= 0.3 is 0 Å². The van der Waals surface area contributed by atoms with Crippen LogP contribution in [0.25, 0.3) is 0 Å². The molecule has 7 nitrogen and oxygen atoms in total. The van der Waals surface area contributed by atoms with Crippen LogP contribution in [0.1, 0.15) is 18.9 Å². The highest BCUT2D eigenvalue weighted by molar-refractivity contribution is 7.86. The number of carbonyl (C=O) groups is 1. The van der Waals surface area contributed by atoms with Crippen LogP contribution in [0.2, 0.25) is 0 Å². The minimum absolute atomic E-state index is 0.0342. The first-order chi connectivity index (χ1) is 11.8. The van der Waals surface area contributed by atoms with Crippen molar-refractivity contribution in [1.82, 2.24) is 13.5 Å². The third-order valence-corrected chi connectivity index (χ3v) is 6.14. The van der Waals surface area contributed by atoms with E-state index in [0.29, 0.717) is 31.9 Å². The van der Waals surface area contributed by atoms with Crippen molar-refractivity contribution in [2.45, 2.75) is 19.8 Å². The predicted octanol–water partition coefficient (Wildman–Crippen LogP) is 0.969. The second-order valence-electron chi connectivity index (χ2n) is 6.25. The molecule has 0 unspecified atom stereocenters. The molecule has 0 N–H and O–H groups in total. The number of rotatable bonds is 7. The number of hydrogen-bond donors (Lipinski definition) is 0. The highest BCUT2D eigenvalue weighted by Crippen LogP contribution is 2.14. The Labute approximate surface area is 150 Å². The average molecular weight is 369 g/mol. The molecule has 1 fully saturated rings. The van der Waals surface area contributed by atoms with Crippen molar-refractivity contribution in [2.75, 3.05) is 46.9 Å². The molecule has 0 atom stereocenters. The Hall–Kier alpha value is -1.64. The number of amides is 1. The standard InChI is InChI=1S/C17H27N3O4S/c1-4-5-15-6-8-16(9-7-15)24-14-17(21)19-10-12-20(13-11-19)25(22,23)18(2)3/h6-9H,4-5,10-14H2,1-3H3. The van der Waals surface area contributed by atoms with Crippen LogP contribution in [0.5, 0.6) is 5.75 Å². The molecule has 25 heavy (non-hydrogen) atoms. The Balaban J connectivity index is 1.81. The second kappa shape index (κ2) is 8.64. The quantitative estimate of drug-likeness (QED) is 0.718. The van der Waals surface area contributed by atoms with E-state index in [2.05, 4.69) is 6.92 Å². The molecule has 0 saturated carbocycles.